The van der Waals surface area contributed by atoms with Crippen LogP contribution in [0.1, 0.15) is 46.1 Å². The minimum atomic E-state index is -0.578. The second kappa shape index (κ2) is 6.81. The molecular weight excluding hydrogens is 373 g/mol. The van der Waals surface area contributed by atoms with Gasteiger partial charge in [0, 0.05) is 13.2 Å². The highest BCUT2D eigenvalue weighted by Gasteiger charge is 2.43. The van der Waals surface area contributed by atoms with Crippen molar-refractivity contribution in [3.05, 3.63) is 81.0 Å². The molecule has 5 nitrogen and oxygen atoms in total. The monoisotopic (exact) mass is 393 g/mol. The van der Waals surface area contributed by atoms with E-state index in [0.29, 0.717) is 13.2 Å². The third-order valence-electron chi connectivity index (χ3n) is 5.75. The van der Waals surface area contributed by atoms with E-state index in [1.165, 1.54) is 18.2 Å². The fraction of sp³-hybridized carbons (Fsp3) is 0.304. The molecule has 2 aliphatic heterocycles. The molecule has 1 saturated heterocycles. The van der Waals surface area contributed by atoms with Crippen molar-refractivity contribution in [3.63, 3.8) is 0 Å². The molecule has 0 N–H and O–H groups in total. The van der Waals surface area contributed by atoms with Gasteiger partial charge in [-0.3, -0.25) is 9.59 Å². The van der Waals surface area contributed by atoms with Gasteiger partial charge in [0.25, 0.3) is 5.91 Å². The number of amides is 1. The summed E-state index contributed by atoms with van der Waals surface area (Å²) in [6.45, 7) is 3.03. The lowest BCUT2D eigenvalue weighted by Gasteiger charge is -2.27. The number of carbonyl (C=O) groups excluding carboxylic acids is 1. The van der Waals surface area contributed by atoms with Gasteiger partial charge < -0.3 is 14.1 Å². The third kappa shape index (κ3) is 2.95. The van der Waals surface area contributed by atoms with Crippen molar-refractivity contribution in [2.75, 3.05) is 13.2 Å². The second-order valence-corrected chi connectivity index (χ2v) is 7.72. The summed E-state index contributed by atoms with van der Waals surface area (Å²) in [5.41, 5.74) is 2.02. The summed E-state index contributed by atoms with van der Waals surface area (Å²) in [6.07, 6.45) is 1.76. The van der Waals surface area contributed by atoms with E-state index in [9.17, 15) is 14.0 Å². The minimum absolute atomic E-state index is 0.0395. The normalized spacial score (nSPS) is 21.2. The first kappa shape index (κ1) is 18.1. The van der Waals surface area contributed by atoms with Gasteiger partial charge in [-0.1, -0.05) is 29.8 Å². The van der Waals surface area contributed by atoms with Gasteiger partial charge in [-0.25, -0.2) is 4.39 Å². The summed E-state index contributed by atoms with van der Waals surface area (Å²) in [5, 5.41) is 0.146. The van der Waals surface area contributed by atoms with Crippen LogP contribution in [0.3, 0.4) is 0 Å². The molecule has 0 radical (unpaired) electrons. The number of ether oxygens (including phenoxy) is 1. The molecule has 0 saturated carbocycles. The van der Waals surface area contributed by atoms with Crippen molar-refractivity contribution in [1.82, 2.24) is 4.90 Å². The summed E-state index contributed by atoms with van der Waals surface area (Å²) in [5.74, 6) is -0.806. The SMILES string of the molecule is Cc1ccc([C@@H]2c3c(oc4ccc(F)cc4c3=O)C(=O)N2C[C@@H]2CCCO2)cc1. The Kier molecular flexibility index (Phi) is 4.24. The van der Waals surface area contributed by atoms with Gasteiger partial charge >= 0.3 is 0 Å². The Hall–Kier alpha value is -2.99. The summed E-state index contributed by atoms with van der Waals surface area (Å²) < 4.78 is 25.3. The molecule has 0 bridgehead atoms. The molecular formula is C23H20FNO4. The van der Waals surface area contributed by atoms with Gasteiger partial charge in [-0.2, -0.15) is 0 Å². The van der Waals surface area contributed by atoms with Gasteiger partial charge in [0.15, 0.2) is 5.43 Å². The van der Waals surface area contributed by atoms with Crippen LogP contribution in [0.5, 0.6) is 0 Å². The van der Waals surface area contributed by atoms with Crippen molar-refractivity contribution < 1.29 is 18.3 Å². The van der Waals surface area contributed by atoms with Crippen LogP contribution in [0.25, 0.3) is 11.0 Å². The van der Waals surface area contributed by atoms with Crippen LogP contribution < -0.4 is 5.43 Å². The van der Waals surface area contributed by atoms with E-state index in [1.807, 2.05) is 31.2 Å². The first-order chi connectivity index (χ1) is 14.0. The number of hydrogen-bond acceptors (Lipinski definition) is 4. The number of aryl methyl sites for hydroxylation is 1. The van der Waals surface area contributed by atoms with E-state index >= 15 is 0 Å². The molecule has 29 heavy (non-hydrogen) atoms. The lowest BCUT2D eigenvalue weighted by Crippen LogP contribution is -2.36. The second-order valence-electron chi connectivity index (χ2n) is 7.72. The Morgan fingerprint density at radius 3 is 2.66 bits per heavy atom. The molecule has 1 aromatic heterocycles. The molecule has 2 aliphatic rings. The van der Waals surface area contributed by atoms with Crippen molar-refractivity contribution in [2.24, 2.45) is 0 Å². The van der Waals surface area contributed by atoms with Crippen LogP contribution in [0, 0.1) is 12.7 Å². The number of rotatable bonds is 3. The molecule has 0 spiro atoms. The summed E-state index contributed by atoms with van der Waals surface area (Å²) in [6, 6.07) is 10.9. The highest BCUT2D eigenvalue weighted by Crippen LogP contribution is 2.39. The number of nitrogens with zero attached hydrogens (tertiary/aromatic N) is 1. The summed E-state index contributed by atoms with van der Waals surface area (Å²) in [7, 11) is 0. The number of halogens is 1. The van der Waals surface area contributed by atoms with Crippen LogP contribution >= 0.6 is 0 Å². The molecule has 3 aromatic rings. The van der Waals surface area contributed by atoms with Crippen LogP contribution in [0.15, 0.2) is 51.7 Å². The molecule has 1 amide bonds. The van der Waals surface area contributed by atoms with Crippen molar-refractivity contribution >= 4 is 16.9 Å². The maximum Gasteiger partial charge on any atom is 0.291 e. The predicted octanol–water partition coefficient (Wildman–Crippen LogP) is 3.96. The molecule has 2 aromatic carbocycles. The Morgan fingerprint density at radius 2 is 1.93 bits per heavy atom. The molecule has 3 heterocycles. The van der Waals surface area contributed by atoms with Gasteiger partial charge in [0.1, 0.15) is 11.4 Å². The van der Waals surface area contributed by atoms with Crippen LogP contribution in [-0.2, 0) is 4.74 Å². The molecule has 2 atom stereocenters. The number of carbonyl (C=O) groups is 1. The van der Waals surface area contributed by atoms with Gasteiger partial charge in [-0.05, 0) is 43.5 Å². The van der Waals surface area contributed by atoms with E-state index in [1.54, 1.807) is 4.90 Å². The van der Waals surface area contributed by atoms with Gasteiger partial charge in [0.05, 0.1) is 23.1 Å². The zero-order valence-corrected chi connectivity index (χ0v) is 16.0. The van der Waals surface area contributed by atoms with Crippen molar-refractivity contribution in [1.29, 1.82) is 0 Å². The predicted molar refractivity (Wildman–Crippen MR) is 105 cm³/mol. The topological polar surface area (TPSA) is 59.8 Å². The quantitative estimate of drug-likeness (QED) is 0.676. The number of fused-ring (bicyclic) bond motifs is 2. The molecule has 1 fully saturated rings. The highest BCUT2D eigenvalue weighted by atomic mass is 19.1. The van der Waals surface area contributed by atoms with Crippen LogP contribution in [0.4, 0.5) is 4.39 Å². The fourth-order valence-electron chi connectivity index (χ4n) is 4.28. The zero-order chi connectivity index (χ0) is 20.1. The average Bonchev–Trinajstić information content (AvgIpc) is 3.32. The van der Waals surface area contributed by atoms with Crippen LogP contribution in [0.2, 0.25) is 0 Å². The molecule has 6 heteroatoms. The van der Waals surface area contributed by atoms with Crippen LogP contribution in [-0.4, -0.2) is 30.1 Å². The standard InChI is InChI=1S/C23H20FNO4/c1-13-4-6-14(7-5-13)20-19-21(26)17-11-15(24)8-9-18(17)29-22(19)23(27)25(20)12-16-3-2-10-28-16/h4-9,11,16,20H,2-3,10,12H2,1H3/t16-,20+/m0/s1. The van der Waals surface area contributed by atoms with Crippen molar-refractivity contribution in [2.45, 2.75) is 31.9 Å². The Balaban J connectivity index is 1.71. The largest absolute Gasteiger partial charge is 0.450 e. The summed E-state index contributed by atoms with van der Waals surface area (Å²) in [4.78, 5) is 28.2. The number of hydrogen-bond donors (Lipinski definition) is 0. The molecule has 0 aliphatic carbocycles. The average molecular weight is 393 g/mol. The van der Waals surface area contributed by atoms with E-state index < -0.39 is 11.9 Å². The number of benzene rings is 2. The molecule has 0 unspecified atom stereocenters. The molecule has 148 valence electrons. The highest BCUT2D eigenvalue weighted by molar-refractivity contribution is 5.99. The van der Waals surface area contributed by atoms with Gasteiger partial charge in [-0.15, -0.1) is 0 Å². The van der Waals surface area contributed by atoms with Crippen molar-refractivity contribution in [3.8, 4) is 0 Å². The first-order valence-corrected chi connectivity index (χ1v) is 9.78. The van der Waals surface area contributed by atoms with E-state index in [-0.39, 0.29) is 39.7 Å². The van der Waals surface area contributed by atoms with E-state index in [0.717, 1.165) is 24.0 Å². The lowest BCUT2D eigenvalue weighted by molar-refractivity contribution is 0.0486. The maximum atomic E-state index is 13.8. The Morgan fingerprint density at radius 1 is 1.14 bits per heavy atom. The lowest BCUT2D eigenvalue weighted by atomic mass is 9.97. The first-order valence-electron chi connectivity index (χ1n) is 9.78. The maximum absolute atomic E-state index is 13.8. The minimum Gasteiger partial charge on any atom is -0.450 e. The van der Waals surface area contributed by atoms with Gasteiger partial charge in [0.2, 0.25) is 5.76 Å². The Labute approximate surface area is 166 Å². The van der Waals surface area contributed by atoms with E-state index in [4.69, 9.17) is 9.15 Å². The van der Waals surface area contributed by atoms with E-state index in [2.05, 4.69) is 0 Å². The summed E-state index contributed by atoms with van der Waals surface area (Å²) >= 11 is 0. The Bertz CT molecular complexity index is 1160. The smallest absolute Gasteiger partial charge is 0.291 e. The molecule has 5 rings (SSSR count). The third-order valence-corrected chi connectivity index (χ3v) is 5.75. The zero-order valence-electron chi connectivity index (χ0n) is 16.0. The fourth-order valence-corrected chi connectivity index (χ4v) is 4.28.